The van der Waals surface area contributed by atoms with Gasteiger partial charge in [0.2, 0.25) is 0 Å². The first-order valence-electron chi connectivity index (χ1n) is 11.5. The lowest BCUT2D eigenvalue weighted by molar-refractivity contribution is 0.630. The van der Waals surface area contributed by atoms with E-state index in [1.54, 1.807) is 25.2 Å². The van der Waals surface area contributed by atoms with Crippen molar-refractivity contribution in [1.82, 2.24) is 9.97 Å². The number of rotatable bonds is 7. The molecule has 8 heteroatoms. The molecule has 0 fully saturated rings. The van der Waals surface area contributed by atoms with Crippen molar-refractivity contribution in [3.63, 3.8) is 0 Å². The summed E-state index contributed by atoms with van der Waals surface area (Å²) in [6.07, 6.45) is 3.75. The Hall–Kier alpha value is -4.33. The summed E-state index contributed by atoms with van der Waals surface area (Å²) in [5, 5.41) is 15.4. The number of nitrogen functional groups attached to an aromatic ring is 1. The number of hydrogen-bond acceptors (Lipinski definition) is 7. The van der Waals surface area contributed by atoms with Crippen molar-refractivity contribution in [2.24, 2.45) is 10.2 Å². The Labute approximate surface area is 203 Å². The van der Waals surface area contributed by atoms with Crippen molar-refractivity contribution in [3.05, 3.63) is 83.4 Å². The van der Waals surface area contributed by atoms with Crippen LogP contribution in [0.15, 0.2) is 71.1 Å². The third kappa shape index (κ3) is 4.68. The molecule has 7 nitrogen and oxygen atoms in total. The van der Waals surface area contributed by atoms with Gasteiger partial charge in [0.05, 0.1) is 28.3 Å². The Balaban J connectivity index is 1.35. The lowest BCUT2D eigenvalue weighted by Crippen LogP contribution is -2.04. The molecule has 1 aliphatic heterocycles. The minimum Gasteiger partial charge on any atom is -0.397 e. The summed E-state index contributed by atoms with van der Waals surface area (Å²) in [6.45, 7) is 2.09. The number of hydrogen-bond donors (Lipinski definition) is 3. The average molecular weight is 468 g/mol. The second-order valence-corrected chi connectivity index (χ2v) is 8.49. The van der Waals surface area contributed by atoms with Crippen LogP contribution < -0.4 is 16.4 Å². The molecule has 4 N–H and O–H groups in total. The monoisotopic (exact) mass is 467 g/mol. The fourth-order valence-corrected chi connectivity index (χ4v) is 4.18. The number of nitrogens with zero attached hydrogens (tertiary/aromatic N) is 4. The molecule has 1 aliphatic rings. The van der Waals surface area contributed by atoms with Crippen LogP contribution in [0.1, 0.15) is 36.5 Å². The third-order valence-corrected chi connectivity index (χ3v) is 6.12. The predicted molar refractivity (Wildman–Crippen MR) is 141 cm³/mol. The van der Waals surface area contributed by atoms with Crippen LogP contribution >= 0.6 is 0 Å². The van der Waals surface area contributed by atoms with Gasteiger partial charge in [-0.15, -0.1) is 0 Å². The van der Waals surface area contributed by atoms with E-state index in [0.29, 0.717) is 34.5 Å². The van der Waals surface area contributed by atoms with E-state index < -0.39 is 0 Å². The van der Waals surface area contributed by atoms with Gasteiger partial charge in [0.25, 0.3) is 0 Å². The molecule has 5 rings (SSSR count). The van der Waals surface area contributed by atoms with Crippen LogP contribution in [-0.2, 0) is 6.42 Å². The first kappa shape index (κ1) is 22.5. The Kier molecular flexibility index (Phi) is 6.10. The number of anilines is 4. The van der Waals surface area contributed by atoms with E-state index in [-0.39, 0.29) is 5.82 Å². The van der Waals surface area contributed by atoms with E-state index in [4.69, 9.17) is 5.73 Å². The molecule has 0 atom stereocenters. The maximum absolute atomic E-state index is 15.1. The van der Waals surface area contributed by atoms with Crippen molar-refractivity contribution in [2.75, 3.05) is 23.4 Å². The second kappa shape index (κ2) is 9.50. The average Bonchev–Trinajstić information content (AvgIpc) is 3.35. The summed E-state index contributed by atoms with van der Waals surface area (Å²) in [5.41, 5.74) is 13.6. The summed E-state index contributed by atoms with van der Waals surface area (Å²) in [4.78, 5) is 8.61. The highest BCUT2D eigenvalue weighted by molar-refractivity contribution is 6.15. The fourth-order valence-electron chi connectivity index (χ4n) is 4.18. The van der Waals surface area contributed by atoms with Crippen LogP contribution in [0.25, 0.3) is 10.9 Å². The number of halogens is 1. The third-order valence-electron chi connectivity index (χ3n) is 6.12. The number of nitrogens with two attached hydrogens (primary N) is 1. The van der Waals surface area contributed by atoms with Gasteiger partial charge in [0.1, 0.15) is 18.0 Å². The minimum absolute atomic E-state index is 0.336. The van der Waals surface area contributed by atoms with Gasteiger partial charge in [0, 0.05) is 24.6 Å². The Morgan fingerprint density at radius 3 is 2.60 bits per heavy atom. The number of fused-ring (bicyclic) bond motifs is 1. The highest BCUT2D eigenvalue weighted by Crippen LogP contribution is 2.30. The second-order valence-electron chi connectivity index (χ2n) is 8.49. The molecule has 35 heavy (non-hydrogen) atoms. The highest BCUT2D eigenvalue weighted by atomic mass is 19.1. The van der Waals surface area contributed by atoms with Crippen LogP contribution in [-0.4, -0.2) is 28.4 Å². The van der Waals surface area contributed by atoms with Gasteiger partial charge in [0.15, 0.2) is 0 Å². The maximum atomic E-state index is 15.1. The SMILES string of the molecule is CCC1=NN=C(c2cccc(Cc3ccc(Nc4ncnc5cc(NC)c(N)cc45)c(F)c3)c2)C1. The Morgan fingerprint density at radius 1 is 0.971 bits per heavy atom. The smallest absolute Gasteiger partial charge is 0.146 e. The first-order valence-corrected chi connectivity index (χ1v) is 11.5. The number of aromatic nitrogens is 2. The van der Waals surface area contributed by atoms with Crippen LogP contribution in [0.4, 0.5) is 27.3 Å². The molecule has 0 radical (unpaired) electrons. The first-order chi connectivity index (χ1) is 17.0. The van der Waals surface area contributed by atoms with Gasteiger partial charge < -0.3 is 16.4 Å². The summed E-state index contributed by atoms with van der Waals surface area (Å²) in [6, 6.07) is 17.0. The molecule has 2 heterocycles. The van der Waals surface area contributed by atoms with Crippen molar-refractivity contribution in [3.8, 4) is 0 Å². The predicted octanol–water partition coefficient (Wildman–Crippen LogP) is 5.69. The quantitative estimate of drug-likeness (QED) is 0.303. The standard InChI is InChI=1S/C27H26FN7/c1-3-19-12-24(35-34-19)18-6-4-5-16(10-18)9-17-7-8-23(21(28)11-17)33-27-20-13-22(29)26(30-2)14-25(20)31-15-32-27/h4-8,10-11,13-15,30H,3,9,12,29H2,1-2H3,(H,31,32,33). The molecule has 176 valence electrons. The Bertz CT molecular complexity index is 1480. The molecule has 3 aromatic carbocycles. The highest BCUT2D eigenvalue weighted by Gasteiger charge is 2.14. The molecule has 0 amide bonds. The van der Waals surface area contributed by atoms with Gasteiger partial charge in [-0.1, -0.05) is 31.2 Å². The van der Waals surface area contributed by atoms with Crippen LogP contribution in [0.3, 0.4) is 0 Å². The van der Waals surface area contributed by atoms with Gasteiger partial charge in [-0.2, -0.15) is 10.2 Å². The van der Waals surface area contributed by atoms with Gasteiger partial charge >= 0.3 is 0 Å². The summed E-state index contributed by atoms with van der Waals surface area (Å²) in [7, 11) is 1.80. The molecular weight excluding hydrogens is 441 g/mol. The van der Waals surface area contributed by atoms with E-state index >= 15 is 4.39 Å². The zero-order chi connectivity index (χ0) is 24.4. The van der Waals surface area contributed by atoms with Gasteiger partial charge in [-0.25, -0.2) is 14.4 Å². The van der Waals surface area contributed by atoms with E-state index in [1.807, 2.05) is 30.3 Å². The molecular formula is C27H26FN7. The van der Waals surface area contributed by atoms with Crippen molar-refractivity contribution >= 4 is 45.2 Å². The number of nitrogens with one attached hydrogen (secondary N) is 2. The summed E-state index contributed by atoms with van der Waals surface area (Å²) in [5.74, 6) is 0.140. The fraction of sp³-hybridized carbons (Fsp3) is 0.185. The van der Waals surface area contributed by atoms with Crippen molar-refractivity contribution in [1.29, 1.82) is 0 Å². The molecule has 0 aliphatic carbocycles. The van der Waals surface area contributed by atoms with E-state index in [9.17, 15) is 0 Å². The lowest BCUT2D eigenvalue weighted by Gasteiger charge is -2.12. The minimum atomic E-state index is -0.355. The molecule has 1 aromatic heterocycles. The van der Waals surface area contributed by atoms with Crippen molar-refractivity contribution in [2.45, 2.75) is 26.2 Å². The molecule has 0 unspecified atom stereocenters. The van der Waals surface area contributed by atoms with Gasteiger partial charge in [-0.3, -0.25) is 0 Å². The van der Waals surface area contributed by atoms with Crippen LogP contribution in [0.5, 0.6) is 0 Å². The zero-order valence-electron chi connectivity index (χ0n) is 19.6. The molecule has 0 saturated carbocycles. The molecule has 4 aromatic rings. The van der Waals surface area contributed by atoms with E-state index in [1.165, 1.54) is 6.33 Å². The van der Waals surface area contributed by atoms with Crippen molar-refractivity contribution < 1.29 is 4.39 Å². The Morgan fingerprint density at radius 2 is 1.83 bits per heavy atom. The zero-order valence-corrected chi connectivity index (χ0v) is 19.6. The normalized spacial score (nSPS) is 13.0. The molecule has 0 bridgehead atoms. The van der Waals surface area contributed by atoms with Crippen LogP contribution in [0.2, 0.25) is 0 Å². The lowest BCUT2D eigenvalue weighted by atomic mass is 9.98. The van der Waals surface area contributed by atoms with E-state index in [2.05, 4.69) is 43.8 Å². The van der Waals surface area contributed by atoms with E-state index in [0.717, 1.165) is 46.6 Å². The van der Waals surface area contributed by atoms with Crippen LogP contribution in [0, 0.1) is 5.82 Å². The number of benzene rings is 3. The summed E-state index contributed by atoms with van der Waals surface area (Å²) < 4.78 is 15.1. The summed E-state index contributed by atoms with van der Waals surface area (Å²) >= 11 is 0. The largest absolute Gasteiger partial charge is 0.397 e. The van der Waals surface area contributed by atoms with Gasteiger partial charge in [-0.05, 0) is 59.9 Å². The topological polar surface area (TPSA) is 101 Å². The molecule has 0 spiro atoms. The maximum Gasteiger partial charge on any atom is 0.146 e. The molecule has 0 saturated heterocycles.